The van der Waals surface area contributed by atoms with Crippen LogP contribution in [0.3, 0.4) is 0 Å². The lowest BCUT2D eigenvalue weighted by atomic mass is 9.95. The van der Waals surface area contributed by atoms with Gasteiger partial charge in [0.1, 0.15) is 11.5 Å². The molecule has 0 saturated carbocycles. The van der Waals surface area contributed by atoms with Gasteiger partial charge in [0, 0.05) is 31.2 Å². The number of nitrogens with one attached hydrogen (secondary N) is 1. The number of rotatable bonds is 5. The van der Waals surface area contributed by atoms with Crippen molar-refractivity contribution in [1.29, 1.82) is 0 Å². The molecule has 1 aromatic carbocycles. The van der Waals surface area contributed by atoms with Crippen LogP contribution in [-0.4, -0.2) is 70.8 Å². The van der Waals surface area contributed by atoms with Crippen LogP contribution in [0.4, 0.5) is 0 Å². The van der Waals surface area contributed by atoms with Crippen LogP contribution in [0.1, 0.15) is 11.6 Å². The lowest BCUT2D eigenvalue weighted by Gasteiger charge is -2.42. The average molecular weight is 293 g/mol. The molecule has 1 aromatic rings. The Morgan fingerprint density at radius 1 is 1.19 bits per heavy atom. The zero-order valence-corrected chi connectivity index (χ0v) is 13.7. The minimum absolute atomic E-state index is 0.197. The first-order chi connectivity index (χ1) is 10.1. The number of likely N-dealkylation sites (N-methyl/N-ethyl adjacent to an activating group) is 3. The Balaban J connectivity index is 2.35. The predicted molar refractivity (Wildman–Crippen MR) is 85.3 cm³/mol. The van der Waals surface area contributed by atoms with E-state index >= 15 is 0 Å². The average Bonchev–Trinajstić information content (AvgIpc) is 2.51. The molecule has 0 aliphatic carbocycles. The Bertz CT molecular complexity index is 467. The normalized spacial score (nSPS) is 22.0. The van der Waals surface area contributed by atoms with Crippen molar-refractivity contribution in [3.63, 3.8) is 0 Å². The van der Waals surface area contributed by atoms with Gasteiger partial charge in [-0.3, -0.25) is 4.90 Å². The Morgan fingerprint density at radius 2 is 1.95 bits per heavy atom. The molecular formula is C16H27N3O2. The van der Waals surface area contributed by atoms with E-state index in [2.05, 4.69) is 35.3 Å². The molecule has 2 unspecified atom stereocenters. The summed E-state index contributed by atoms with van der Waals surface area (Å²) in [6, 6.07) is 6.58. The summed E-state index contributed by atoms with van der Waals surface area (Å²) in [4.78, 5) is 4.79. The molecule has 0 aromatic heterocycles. The first-order valence-electron chi connectivity index (χ1n) is 7.38. The van der Waals surface area contributed by atoms with Crippen LogP contribution in [0.15, 0.2) is 18.2 Å². The summed E-state index contributed by atoms with van der Waals surface area (Å²) in [5.41, 5.74) is 1.14. The topological polar surface area (TPSA) is 37.0 Å². The molecule has 1 heterocycles. The van der Waals surface area contributed by atoms with Crippen LogP contribution in [0.5, 0.6) is 11.5 Å². The number of piperazine rings is 1. The highest BCUT2D eigenvalue weighted by atomic mass is 16.5. The second kappa shape index (κ2) is 7.11. The van der Waals surface area contributed by atoms with Gasteiger partial charge in [-0.2, -0.15) is 0 Å². The molecule has 0 amide bonds. The number of ether oxygens (including phenoxy) is 2. The highest BCUT2D eigenvalue weighted by Crippen LogP contribution is 2.33. The molecule has 21 heavy (non-hydrogen) atoms. The van der Waals surface area contributed by atoms with Gasteiger partial charge in [0.05, 0.1) is 20.3 Å². The lowest BCUT2D eigenvalue weighted by molar-refractivity contribution is 0.0889. The Labute approximate surface area is 127 Å². The summed E-state index contributed by atoms with van der Waals surface area (Å²) in [5, 5.41) is 3.46. The zero-order chi connectivity index (χ0) is 15.4. The summed E-state index contributed by atoms with van der Waals surface area (Å²) in [7, 11) is 9.78. The van der Waals surface area contributed by atoms with E-state index in [1.165, 1.54) is 0 Å². The predicted octanol–water partition coefficient (Wildman–Crippen LogP) is 1.21. The maximum Gasteiger partial charge on any atom is 0.123 e. The summed E-state index contributed by atoms with van der Waals surface area (Å²) < 4.78 is 10.9. The van der Waals surface area contributed by atoms with Gasteiger partial charge in [0.2, 0.25) is 0 Å². The zero-order valence-electron chi connectivity index (χ0n) is 13.7. The Kier molecular flexibility index (Phi) is 5.45. The van der Waals surface area contributed by atoms with Crippen molar-refractivity contribution in [3.05, 3.63) is 23.8 Å². The molecule has 1 aliphatic rings. The molecule has 0 bridgehead atoms. The van der Waals surface area contributed by atoms with Crippen LogP contribution in [0, 0.1) is 0 Å². The molecule has 118 valence electrons. The minimum Gasteiger partial charge on any atom is -0.497 e. The van der Waals surface area contributed by atoms with Crippen molar-refractivity contribution >= 4 is 0 Å². The lowest BCUT2D eigenvalue weighted by Crippen LogP contribution is -2.54. The highest BCUT2D eigenvalue weighted by Gasteiger charge is 2.31. The van der Waals surface area contributed by atoms with Crippen molar-refractivity contribution in [1.82, 2.24) is 15.1 Å². The van der Waals surface area contributed by atoms with Crippen molar-refractivity contribution < 1.29 is 9.47 Å². The second-order valence-electron chi connectivity index (χ2n) is 5.68. The molecule has 5 heteroatoms. The summed E-state index contributed by atoms with van der Waals surface area (Å²) in [6.07, 6.45) is 0. The fraction of sp³-hybridized carbons (Fsp3) is 0.625. The third-order valence-electron chi connectivity index (χ3n) is 4.37. The maximum absolute atomic E-state index is 5.55. The third kappa shape index (κ3) is 3.48. The van der Waals surface area contributed by atoms with Gasteiger partial charge in [-0.15, -0.1) is 0 Å². The summed E-state index contributed by atoms with van der Waals surface area (Å²) in [6.45, 7) is 3.21. The van der Waals surface area contributed by atoms with E-state index < -0.39 is 0 Å². The van der Waals surface area contributed by atoms with Gasteiger partial charge in [-0.25, -0.2) is 0 Å². The van der Waals surface area contributed by atoms with Crippen molar-refractivity contribution in [2.24, 2.45) is 0 Å². The first-order valence-corrected chi connectivity index (χ1v) is 7.38. The minimum atomic E-state index is 0.197. The molecule has 2 rings (SSSR count). The molecule has 5 nitrogen and oxygen atoms in total. The van der Waals surface area contributed by atoms with Gasteiger partial charge < -0.3 is 19.7 Å². The fourth-order valence-electron chi connectivity index (χ4n) is 3.04. The van der Waals surface area contributed by atoms with E-state index in [9.17, 15) is 0 Å². The number of nitrogens with zero attached hydrogens (tertiary/aromatic N) is 2. The Hall–Kier alpha value is -1.30. The van der Waals surface area contributed by atoms with Gasteiger partial charge in [-0.05, 0) is 39.3 Å². The van der Waals surface area contributed by atoms with E-state index in [0.29, 0.717) is 6.04 Å². The summed E-state index contributed by atoms with van der Waals surface area (Å²) in [5.74, 6) is 1.76. The molecule has 0 radical (unpaired) electrons. The largest absolute Gasteiger partial charge is 0.497 e. The quantitative estimate of drug-likeness (QED) is 0.883. The SMILES string of the molecule is CNC(c1cc(OC)ccc1OC)C1CN(C)CCN1C. The third-order valence-corrected chi connectivity index (χ3v) is 4.37. The summed E-state index contributed by atoms with van der Waals surface area (Å²) >= 11 is 0. The molecule has 1 fully saturated rings. The standard InChI is InChI=1S/C16H27N3O2/c1-17-16(14-11-18(2)8-9-19(14)3)13-10-12(20-4)6-7-15(13)21-5/h6-7,10,14,16-17H,8-9,11H2,1-5H3. The van der Waals surface area contributed by atoms with Gasteiger partial charge in [-0.1, -0.05) is 0 Å². The number of methoxy groups -OCH3 is 2. The van der Waals surface area contributed by atoms with E-state index in [0.717, 1.165) is 36.7 Å². The van der Waals surface area contributed by atoms with Gasteiger partial charge in [0.15, 0.2) is 0 Å². The molecule has 1 saturated heterocycles. The van der Waals surface area contributed by atoms with Gasteiger partial charge in [0.25, 0.3) is 0 Å². The van der Waals surface area contributed by atoms with Crippen molar-refractivity contribution in [2.75, 3.05) is 55.0 Å². The van der Waals surface area contributed by atoms with Crippen molar-refractivity contribution in [3.8, 4) is 11.5 Å². The van der Waals surface area contributed by atoms with Gasteiger partial charge >= 0.3 is 0 Å². The Morgan fingerprint density at radius 3 is 2.57 bits per heavy atom. The van der Waals surface area contributed by atoms with Crippen molar-refractivity contribution in [2.45, 2.75) is 12.1 Å². The van der Waals surface area contributed by atoms with E-state index in [1.807, 2.05) is 19.2 Å². The van der Waals surface area contributed by atoms with Crippen LogP contribution < -0.4 is 14.8 Å². The smallest absolute Gasteiger partial charge is 0.123 e. The van der Waals surface area contributed by atoms with Crippen LogP contribution in [-0.2, 0) is 0 Å². The van der Waals surface area contributed by atoms with Crippen LogP contribution >= 0.6 is 0 Å². The fourth-order valence-corrected chi connectivity index (χ4v) is 3.04. The molecule has 2 atom stereocenters. The van der Waals surface area contributed by atoms with E-state index in [-0.39, 0.29) is 6.04 Å². The van der Waals surface area contributed by atoms with E-state index in [4.69, 9.17) is 9.47 Å². The van der Waals surface area contributed by atoms with E-state index in [1.54, 1.807) is 14.2 Å². The monoisotopic (exact) mass is 293 g/mol. The molecule has 0 spiro atoms. The first kappa shape index (κ1) is 16.1. The van der Waals surface area contributed by atoms with Crippen LogP contribution in [0.25, 0.3) is 0 Å². The van der Waals surface area contributed by atoms with Crippen LogP contribution in [0.2, 0.25) is 0 Å². The number of hydrogen-bond acceptors (Lipinski definition) is 5. The molecule has 1 aliphatic heterocycles. The molecule has 1 N–H and O–H groups in total. The highest BCUT2D eigenvalue weighted by molar-refractivity contribution is 5.43. The molecular weight excluding hydrogens is 266 g/mol. The second-order valence-corrected chi connectivity index (χ2v) is 5.68. The number of hydrogen-bond donors (Lipinski definition) is 1. The number of benzene rings is 1. The maximum atomic E-state index is 5.55.